The standard InChI is InChI=1S/C7H7N3O/c1-5-8-6-3-2-4-7(11)10(6)9-5/h2-4H,1H3,(H,8,9). The van der Waals surface area contributed by atoms with Crippen molar-refractivity contribution in [1.29, 1.82) is 0 Å². The second kappa shape index (κ2) is 1.95. The molecule has 56 valence electrons. The summed E-state index contributed by atoms with van der Waals surface area (Å²) in [6.07, 6.45) is 0. The molecule has 0 atom stereocenters. The SMILES string of the molecule is Cc1nc2cccc(=O)n2[nH]1. The summed E-state index contributed by atoms with van der Waals surface area (Å²) in [7, 11) is 0. The van der Waals surface area contributed by atoms with Gasteiger partial charge in [-0.05, 0) is 13.0 Å². The lowest BCUT2D eigenvalue weighted by molar-refractivity contribution is 0.896. The summed E-state index contributed by atoms with van der Waals surface area (Å²) in [5, 5.41) is 2.82. The second-order valence-corrected chi connectivity index (χ2v) is 2.37. The van der Waals surface area contributed by atoms with Crippen LogP contribution in [0.4, 0.5) is 0 Å². The summed E-state index contributed by atoms with van der Waals surface area (Å²) < 4.78 is 1.41. The maximum absolute atomic E-state index is 11.1. The Bertz CT molecular complexity index is 440. The van der Waals surface area contributed by atoms with Gasteiger partial charge >= 0.3 is 0 Å². The number of aromatic nitrogens is 3. The summed E-state index contributed by atoms with van der Waals surface area (Å²) in [5.74, 6) is 0.744. The predicted octanol–water partition coefficient (Wildman–Crippen LogP) is 0.331. The van der Waals surface area contributed by atoms with Crippen LogP contribution in [0.2, 0.25) is 0 Å². The van der Waals surface area contributed by atoms with E-state index >= 15 is 0 Å². The molecule has 2 rings (SSSR count). The van der Waals surface area contributed by atoms with Crippen LogP contribution in [-0.2, 0) is 0 Å². The van der Waals surface area contributed by atoms with Gasteiger partial charge in [-0.15, -0.1) is 0 Å². The van der Waals surface area contributed by atoms with E-state index in [0.717, 1.165) is 5.82 Å². The third-order valence-electron chi connectivity index (χ3n) is 1.49. The molecule has 0 fully saturated rings. The van der Waals surface area contributed by atoms with Gasteiger partial charge in [0, 0.05) is 6.07 Å². The van der Waals surface area contributed by atoms with Crippen molar-refractivity contribution in [1.82, 2.24) is 14.6 Å². The Morgan fingerprint density at radius 1 is 1.55 bits per heavy atom. The third kappa shape index (κ3) is 0.832. The normalized spacial score (nSPS) is 10.6. The van der Waals surface area contributed by atoms with Gasteiger partial charge in [0.15, 0.2) is 5.65 Å². The Morgan fingerprint density at radius 2 is 2.36 bits per heavy atom. The van der Waals surface area contributed by atoms with Crippen LogP contribution in [0.3, 0.4) is 0 Å². The Morgan fingerprint density at radius 3 is 3.09 bits per heavy atom. The van der Waals surface area contributed by atoms with Crippen molar-refractivity contribution in [3.63, 3.8) is 0 Å². The van der Waals surface area contributed by atoms with Gasteiger partial charge in [0.2, 0.25) is 0 Å². The van der Waals surface area contributed by atoms with Crippen LogP contribution >= 0.6 is 0 Å². The minimum Gasteiger partial charge on any atom is -0.277 e. The molecule has 11 heavy (non-hydrogen) atoms. The zero-order chi connectivity index (χ0) is 7.84. The molecule has 0 bridgehead atoms. The molecule has 2 aromatic rings. The first-order chi connectivity index (χ1) is 5.27. The molecular formula is C7H7N3O. The largest absolute Gasteiger partial charge is 0.277 e. The molecule has 0 saturated carbocycles. The highest BCUT2D eigenvalue weighted by molar-refractivity contribution is 5.35. The highest BCUT2D eigenvalue weighted by Gasteiger charge is 1.97. The van der Waals surface area contributed by atoms with E-state index in [2.05, 4.69) is 10.1 Å². The summed E-state index contributed by atoms with van der Waals surface area (Å²) in [4.78, 5) is 15.2. The van der Waals surface area contributed by atoms with Gasteiger partial charge in [-0.3, -0.25) is 9.89 Å². The molecule has 0 radical (unpaired) electrons. The lowest BCUT2D eigenvalue weighted by Crippen LogP contribution is -2.11. The van der Waals surface area contributed by atoms with Crippen molar-refractivity contribution < 1.29 is 0 Å². The monoisotopic (exact) mass is 149 g/mol. The first-order valence-corrected chi connectivity index (χ1v) is 3.32. The molecule has 4 nitrogen and oxygen atoms in total. The third-order valence-corrected chi connectivity index (χ3v) is 1.49. The molecule has 0 unspecified atom stereocenters. The summed E-state index contributed by atoms with van der Waals surface area (Å²) in [5.41, 5.74) is 0.582. The van der Waals surface area contributed by atoms with Gasteiger partial charge in [-0.1, -0.05) is 6.07 Å². The van der Waals surface area contributed by atoms with Crippen LogP contribution in [0.15, 0.2) is 23.0 Å². The lowest BCUT2D eigenvalue weighted by Gasteiger charge is -1.85. The van der Waals surface area contributed by atoms with Crippen LogP contribution in [-0.4, -0.2) is 14.6 Å². The Labute approximate surface area is 62.5 Å². The van der Waals surface area contributed by atoms with E-state index in [0.29, 0.717) is 5.65 Å². The minimum absolute atomic E-state index is 0.0805. The van der Waals surface area contributed by atoms with Gasteiger partial charge in [-0.2, -0.15) is 0 Å². The van der Waals surface area contributed by atoms with E-state index in [-0.39, 0.29) is 5.56 Å². The number of hydrogen-bond donors (Lipinski definition) is 1. The van der Waals surface area contributed by atoms with E-state index in [9.17, 15) is 4.79 Å². The van der Waals surface area contributed by atoms with Gasteiger partial charge in [0.1, 0.15) is 5.82 Å². The van der Waals surface area contributed by atoms with Crippen molar-refractivity contribution in [3.8, 4) is 0 Å². The average Bonchev–Trinajstić information content (AvgIpc) is 2.31. The molecule has 0 aliphatic heterocycles. The first-order valence-electron chi connectivity index (χ1n) is 3.32. The predicted molar refractivity (Wildman–Crippen MR) is 40.5 cm³/mol. The average molecular weight is 149 g/mol. The van der Waals surface area contributed by atoms with Gasteiger partial charge in [0.25, 0.3) is 5.56 Å². The fourth-order valence-corrected chi connectivity index (χ4v) is 1.04. The van der Waals surface area contributed by atoms with E-state index in [1.54, 1.807) is 12.1 Å². The molecule has 0 spiro atoms. The van der Waals surface area contributed by atoms with E-state index in [4.69, 9.17) is 0 Å². The number of rotatable bonds is 0. The molecular weight excluding hydrogens is 142 g/mol. The number of aromatic amines is 1. The lowest BCUT2D eigenvalue weighted by atomic mass is 10.5. The van der Waals surface area contributed by atoms with Crippen LogP contribution in [0.5, 0.6) is 0 Å². The highest BCUT2D eigenvalue weighted by atomic mass is 16.1. The fourth-order valence-electron chi connectivity index (χ4n) is 1.04. The number of hydrogen-bond acceptors (Lipinski definition) is 2. The zero-order valence-corrected chi connectivity index (χ0v) is 6.03. The van der Waals surface area contributed by atoms with E-state index in [1.807, 2.05) is 6.92 Å². The molecule has 0 amide bonds. The maximum Gasteiger partial charge on any atom is 0.271 e. The smallest absolute Gasteiger partial charge is 0.271 e. The van der Waals surface area contributed by atoms with Gasteiger partial charge < -0.3 is 0 Å². The maximum atomic E-state index is 11.1. The van der Waals surface area contributed by atoms with Crippen molar-refractivity contribution in [2.75, 3.05) is 0 Å². The quantitative estimate of drug-likeness (QED) is 0.586. The van der Waals surface area contributed by atoms with Crippen molar-refractivity contribution in [2.24, 2.45) is 0 Å². The molecule has 0 aliphatic rings. The molecule has 0 saturated heterocycles. The highest BCUT2D eigenvalue weighted by Crippen LogP contribution is 1.94. The van der Waals surface area contributed by atoms with Gasteiger partial charge in [-0.25, -0.2) is 9.50 Å². The number of pyridine rings is 1. The number of H-pyrrole nitrogens is 1. The Kier molecular flexibility index (Phi) is 1.09. The van der Waals surface area contributed by atoms with Crippen LogP contribution in [0, 0.1) is 6.92 Å². The minimum atomic E-state index is -0.0805. The van der Waals surface area contributed by atoms with Crippen LogP contribution in [0.1, 0.15) is 5.82 Å². The van der Waals surface area contributed by atoms with E-state index < -0.39 is 0 Å². The molecule has 0 aliphatic carbocycles. The number of aryl methyl sites for hydroxylation is 1. The number of nitrogens with one attached hydrogen (secondary N) is 1. The topological polar surface area (TPSA) is 50.2 Å². The Hall–Kier alpha value is -1.58. The Balaban J connectivity index is 3.02. The molecule has 2 heterocycles. The fraction of sp³-hybridized carbons (Fsp3) is 0.143. The van der Waals surface area contributed by atoms with Crippen LogP contribution in [0.25, 0.3) is 5.65 Å². The molecule has 2 aromatic heterocycles. The van der Waals surface area contributed by atoms with Gasteiger partial charge in [0.05, 0.1) is 0 Å². The van der Waals surface area contributed by atoms with E-state index in [1.165, 1.54) is 10.6 Å². The second-order valence-electron chi connectivity index (χ2n) is 2.37. The summed E-state index contributed by atoms with van der Waals surface area (Å²) in [6.45, 7) is 1.81. The zero-order valence-electron chi connectivity index (χ0n) is 6.03. The number of nitrogens with zero attached hydrogens (tertiary/aromatic N) is 2. The number of fused-ring (bicyclic) bond motifs is 1. The first kappa shape index (κ1) is 6.15. The summed E-state index contributed by atoms with van der Waals surface area (Å²) >= 11 is 0. The van der Waals surface area contributed by atoms with Crippen molar-refractivity contribution >= 4 is 5.65 Å². The molecule has 1 N–H and O–H groups in total. The van der Waals surface area contributed by atoms with Crippen molar-refractivity contribution in [2.45, 2.75) is 6.92 Å². The van der Waals surface area contributed by atoms with Crippen LogP contribution < -0.4 is 5.56 Å². The molecule has 0 aromatic carbocycles. The molecule has 4 heteroatoms. The summed E-state index contributed by atoms with van der Waals surface area (Å²) in [6, 6.07) is 4.97. The van der Waals surface area contributed by atoms with Crippen molar-refractivity contribution in [3.05, 3.63) is 34.4 Å².